The number of nitrogens with two attached hydrogens (primary N) is 1. The Morgan fingerprint density at radius 2 is 1.38 bits per heavy atom. The molecule has 0 aliphatic rings. The van der Waals surface area contributed by atoms with Crippen LogP contribution in [-0.2, 0) is 35.0 Å². The first-order valence-electron chi connectivity index (χ1n) is 13.7. The molecular weight excluding hydrogens is 522 g/mol. The molecular formula is C29H45NO10. The van der Waals surface area contributed by atoms with Gasteiger partial charge in [-0.05, 0) is 48.8 Å². The number of benzene rings is 1. The predicted octanol–water partition coefficient (Wildman–Crippen LogP) is 5.20. The topological polar surface area (TPSA) is 150 Å². The number of methoxy groups -OCH3 is 1. The van der Waals surface area contributed by atoms with E-state index in [1.54, 1.807) is 13.0 Å². The van der Waals surface area contributed by atoms with Crippen LogP contribution in [0.2, 0.25) is 0 Å². The molecule has 11 nitrogen and oxygen atoms in total. The summed E-state index contributed by atoms with van der Waals surface area (Å²) in [6, 6.07) is 4.37. The summed E-state index contributed by atoms with van der Waals surface area (Å²) in [5, 5.41) is 0. The zero-order valence-corrected chi connectivity index (χ0v) is 24.8. The molecule has 0 saturated heterocycles. The fourth-order valence-electron chi connectivity index (χ4n) is 3.29. The summed E-state index contributed by atoms with van der Waals surface area (Å²) in [5.41, 5.74) is 5.33. The van der Waals surface area contributed by atoms with Crippen LogP contribution in [0.5, 0.6) is 11.5 Å². The minimum atomic E-state index is -1.56. The summed E-state index contributed by atoms with van der Waals surface area (Å²) in [6.45, 7) is 11.8. The maximum atomic E-state index is 12.6. The summed E-state index contributed by atoms with van der Waals surface area (Å²) < 4.78 is 31.0. The Morgan fingerprint density at radius 1 is 0.825 bits per heavy atom. The highest BCUT2D eigenvalue weighted by molar-refractivity contribution is 5.81. The molecule has 0 spiro atoms. The van der Waals surface area contributed by atoms with Crippen LogP contribution < -0.4 is 15.2 Å². The van der Waals surface area contributed by atoms with Crippen molar-refractivity contribution in [3.05, 3.63) is 23.8 Å². The normalized spacial score (nSPS) is 13.2. The molecule has 0 aliphatic carbocycles. The van der Waals surface area contributed by atoms with E-state index in [1.165, 1.54) is 19.2 Å². The van der Waals surface area contributed by atoms with Crippen LogP contribution in [0.15, 0.2) is 18.2 Å². The largest absolute Gasteiger partial charge is 0.513 e. The lowest BCUT2D eigenvalue weighted by molar-refractivity contribution is -0.153. The number of carbonyl (C=O) groups is 4. The highest BCUT2D eigenvalue weighted by Gasteiger charge is 2.36. The van der Waals surface area contributed by atoms with Gasteiger partial charge in [0.05, 0.1) is 32.8 Å². The van der Waals surface area contributed by atoms with Gasteiger partial charge in [-0.3, -0.25) is 9.59 Å². The van der Waals surface area contributed by atoms with E-state index in [0.29, 0.717) is 36.7 Å². The van der Waals surface area contributed by atoms with Crippen molar-refractivity contribution < 1.29 is 47.6 Å². The average Bonchev–Trinajstić information content (AvgIpc) is 2.88. The van der Waals surface area contributed by atoms with Crippen LogP contribution in [0.3, 0.4) is 0 Å². The maximum Gasteiger partial charge on any atom is 0.513 e. The van der Waals surface area contributed by atoms with Gasteiger partial charge >= 0.3 is 24.2 Å². The lowest BCUT2D eigenvalue weighted by Gasteiger charge is -2.27. The summed E-state index contributed by atoms with van der Waals surface area (Å²) in [5.74, 6) is -0.937. The van der Waals surface area contributed by atoms with E-state index in [-0.39, 0.29) is 56.0 Å². The third-order valence-electron chi connectivity index (χ3n) is 6.14. The molecule has 0 saturated carbocycles. The van der Waals surface area contributed by atoms with Crippen molar-refractivity contribution >= 4 is 24.2 Å². The molecule has 1 aromatic carbocycles. The minimum absolute atomic E-state index is 0.0181. The Morgan fingerprint density at radius 3 is 1.88 bits per heavy atom. The first-order valence-corrected chi connectivity index (χ1v) is 13.7. The van der Waals surface area contributed by atoms with Crippen molar-refractivity contribution in [2.45, 2.75) is 79.2 Å². The number of hydrogen-bond donors (Lipinski definition) is 1. The number of hydrogen-bond acceptors (Lipinski definition) is 11. The van der Waals surface area contributed by atoms with Crippen molar-refractivity contribution in [1.29, 1.82) is 0 Å². The number of rotatable bonds is 16. The molecule has 226 valence electrons. The van der Waals surface area contributed by atoms with Gasteiger partial charge < -0.3 is 34.2 Å². The molecule has 1 aromatic rings. The van der Waals surface area contributed by atoms with Crippen LogP contribution >= 0.6 is 0 Å². The molecule has 1 unspecified atom stereocenters. The van der Waals surface area contributed by atoms with Crippen molar-refractivity contribution in [3.63, 3.8) is 0 Å². The second-order valence-electron chi connectivity index (χ2n) is 10.6. The van der Waals surface area contributed by atoms with Crippen molar-refractivity contribution in [2.24, 2.45) is 23.5 Å². The molecule has 2 atom stereocenters. The van der Waals surface area contributed by atoms with Gasteiger partial charge in [0.1, 0.15) is 5.54 Å². The second-order valence-corrected chi connectivity index (χ2v) is 10.6. The lowest BCUT2D eigenvalue weighted by Crippen LogP contribution is -2.51. The van der Waals surface area contributed by atoms with E-state index in [4.69, 9.17) is 34.2 Å². The highest BCUT2D eigenvalue weighted by Crippen LogP contribution is 2.31. The van der Waals surface area contributed by atoms with Crippen molar-refractivity contribution in [2.75, 3.05) is 26.9 Å². The Bertz CT molecular complexity index is 978. The third-order valence-corrected chi connectivity index (χ3v) is 6.14. The second kappa shape index (κ2) is 17.4. The molecule has 2 N–H and O–H groups in total. The van der Waals surface area contributed by atoms with Gasteiger partial charge in [0.2, 0.25) is 0 Å². The molecule has 0 aliphatic heterocycles. The Hall–Kier alpha value is -3.34. The van der Waals surface area contributed by atoms with Crippen LogP contribution in [0.4, 0.5) is 9.59 Å². The van der Waals surface area contributed by atoms with E-state index >= 15 is 0 Å². The zero-order valence-electron chi connectivity index (χ0n) is 24.8. The fourth-order valence-corrected chi connectivity index (χ4v) is 3.29. The first-order chi connectivity index (χ1) is 18.8. The first kappa shape index (κ1) is 34.7. The predicted molar refractivity (Wildman–Crippen MR) is 147 cm³/mol. The van der Waals surface area contributed by atoms with Gasteiger partial charge in [-0.1, -0.05) is 47.6 Å². The van der Waals surface area contributed by atoms with Gasteiger partial charge in [-0.15, -0.1) is 0 Å². The summed E-state index contributed by atoms with van der Waals surface area (Å²) in [4.78, 5) is 49.2. The van der Waals surface area contributed by atoms with E-state index < -0.39 is 23.8 Å². The molecule has 40 heavy (non-hydrogen) atoms. The molecule has 0 heterocycles. The number of carbonyl (C=O) groups excluding carboxylic acids is 4. The average molecular weight is 568 g/mol. The van der Waals surface area contributed by atoms with Crippen molar-refractivity contribution in [1.82, 2.24) is 0 Å². The van der Waals surface area contributed by atoms with Gasteiger partial charge in [0.25, 0.3) is 0 Å². The fraction of sp³-hybridized carbons (Fsp3) is 0.655. The minimum Gasteiger partial charge on any atom is -0.468 e. The highest BCUT2D eigenvalue weighted by atomic mass is 16.7. The van der Waals surface area contributed by atoms with Crippen LogP contribution in [0.1, 0.15) is 72.8 Å². The van der Waals surface area contributed by atoms with Gasteiger partial charge in [-0.25, -0.2) is 9.59 Å². The van der Waals surface area contributed by atoms with Crippen LogP contribution in [0.25, 0.3) is 0 Å². The molecule has 0 bridgehead atoms. The van der Waals surface area contributed by atoms with Gasteiger partial charge in [0, 0.05) is 12.8 Å². The van der Waals surface area contributed by atoms with E-state index in [0.717, 1.165) is 0 Å². The summed E-state index contributed by atoms with van der Waals surface area (Å²) in [6.07, 6.45) is -0.118. The van der Waals surface area contributed by atoms with E-state index in [1.807, 2.05) is 34.6 Å². The zero-order chi connectivity index (χ0) is 30.3. The molecule has 0 amide bonds. The third kappa shape index (κ3) is 12.7. The van der Waals surface area contributed by atoms with E-state index in [2.05, 4.69) is 0 Å². The van der Waals surface area contributed by atoms with E-state index in [9.17, 15) is 19.2 Å². The monoisotopic (exact) mass is 567 g/mol. The SMILES string of the molecule is CC[C@H](C)C(=O)OCCC(N)(Cc1ccc(OC(=O)OCCC(C)C)c(OC(=O)OCCC(C)C)c1)C(=O)OC. The van der Waals surface area contributed by atoms with Crippen LogP contribution in [0, 0.1) is 17.8 Å². The Labute approximate surface area is 236 Å². The van der Waals surface area contributed by atoms with Crippen LogP contribution in [-0.4, -0.2) is 56.7 Å². The van der Waals surface area contributed by atoms with Gasteiger partial charge in [-0.2, -0.15) is 0 Å². The summed E-state index contributed by atoms with van der Waals surface area (Å²) in [7, 11) is 1.21. The molecule has 0 fully saturated rings. The number of ether oxygens (including phenoxy) is 6. The molecule has 0 aromatic heterocycles. The molecule has 11 heteroatoms. The smallest absolute Gasteiger partial charge is 0.468 e. The lowest BCUT2D eigenvalue weighted by atomic mass is 9.88. The quantitative estimate of drug-likeness (QED) is 0.159. The molecule has 0 radical (unpaired) electrons. The Balaban J connectivity index is 3.13. The van der Waals surface area contributed by atoms with Gasteiger partial charge in [0.15, 0.2) is 11.5 Å². The molecule has 1 rings (SSSR count). The van der Waals surface area contributed by atoms with Crippen molar-refractivity contribution in [3.8, 4) is 11.5 Å². The maximum absolute atomic E-state index is 12.6. The number of esters is 2. The summed E-state index contributed by atoms with van der Waals surface area (Å²) >= 11 is 0. The Kier molecular flexibility index (Phi) is 15.1. The standard InChI is InChI=1S/C29H45NO10/c1-8-21(6)25(31)36-16-13-29(30,26(32)35-7)18-22-9-10-23(39-27(33)37-14-11-19(2)3)24(17-22)40-28(34)38-15-12-20(4)5/h9-10,17,19-21H,8,11-16,18,30H2,1-7H3/t21-,29?/m0/s1.